The van der Waals surface area contributed by atoms with E-state index in [1.165, 1.54) is 12.2 Å². The third kappa shape index (κ3) is 4.92. The molecule has 0 radical (unpaired) electrons. The molecule has 1 N–H and O–H groups in total. The molecule has 0 saturated heterocycles. The molecule has 0 atom stereocenters. The molecule has 0 unspecified atom stereocenters. The van der Waals surface area contributed by atoms with Crippen LogP contribution < -0.4 is 10.2 Å². The van der Waals surface area contributed by atoms with Crippen molar-refractivity contribution in [3.63, 3.8) is 0 Å². The molecule has 0 saturated carbocycles. The summed E-state index contributed by atoms with van der Waals surface area (Å²) in [5.74, 6) is -1.24. The fourth-order valence-electron chi connectivity index (χ4n) is 4.08. The van der Waals surface area contributed by atoms with Gasteiger partial charge in [-0.25, -0.2) is 0 Å². The van der Waals surface area contributed by atoms with Gasteiger partial charge in [0.05, 0.1) is 12.2 Å². The predicted octanol–water partition coefficient (Wildman–Crippen LogP) is 2.92. The highest BCUT2D eigenvalue weighted by Gasteiger charge is 2.24. The fourth-order valence-corrected chi connectivity index (χ4v) is 4.08. The van der Waals surface area contributed by atoms with E-state index in [1.54, 1.807) is 4.90 Å². The molecule has 33 heavy (non-hydrogen) atoms. The van der Waals surface area contributed by atoms with Gasteiger partial charge in [-0.3, -0.25) is 24.1 Å². The van der Waals surface area contributed by atoms with E-state index in [9.17, 15) is 19.2 Å². The highest BCUT2D eigenvalue weighted by molar-refractivity contribution is 6.13. The molecule has 2 aliphatic rings. The van der Waals surface area contributed by atoms with Crippen LogP contribution in [-0.4, -0.2) is 41.6 Å². The van der Waals surface area contributed by atoms with Crippen LogP contribution in [-0.2, 0) is 25.7 Å². The molecule has 2 heterocycles. The van der Waals surface area contributed by atoms with Gasteiger partial charge in [-0.05, 0) is 41.3 Å². The first-order chi connectivity index (χ1) is 15.9. The summed E-state index contributed by atoms with van der Waals surface area (Å²) in [4.78, 5) is 51.3. The number of anilines is 1. The molecule has 0 aliphatic carbocycles. The molecular weight excluding hydrogens is 418 g/mol. The Morgan fingerprint density at radius 3 is 2.42 bits per heavy atom. The highest BCUT2D eigenvalue weighted by Crippen LogP contribution is 2.32. The maximum Gasteiger partial charge on any atom is 0.253 e. The van der Waals surface area contributed by atoms with Gasteiger partial charge in [-0.15, -0.1) is 0 Å². The number of carbonyl (C=O) groups excluding carboxylic acids is 4. The monoisotopic (exact) mass is 443 g/mol. The third-order valence-corrected chi connectivity index (χ3v) is 5.80. The molecule has 0 aromatic heterocycles. The highest BCUT2D eigenvalue weighted by atomic mass is 16.2. The number of allylic oxidation sites excluding steroid dienone is 1. The number of benzene rings is 2. The molecule has 7 nitrogen and oxygen atoms in total. The summed E-state index contributed by atoms with van der Waals surface area (Å²) in [7, 11) is 0. The molecule has 168 valence electrons. The van der Waals surface area contributed by atoms with Crippen molar-refractivity contribution in [3.8, 4) is 0 Å². The Hall–Kier alpha value is -4.00. The van der Waals surface area contributed by atoms with Gasteiger partial charge in [0.2, 0.25) is 11.8 Å². The van der Waals surface area contributed by atoms with Gasteiger partial charge in [0.25, 0.3) is 11.8 Å². The normalized spacial score (nSPS) is 16.5. The van der Waals surface area contributed by atoms with Gasteiger partial charge in [0, 0.05) is 38.1 Å². The minimum absolute atomic E-state index is 0.00263. The largest absolute Gasteiger partial charge is 0.356 e. The molecule has 2 aromatic carbocycles. The SMILES string of the molecule is C/C1=C/c2ccccc2N(C(=O)CCNC(=O)CCN2C(=O)C=CC2=O)Cc2ccccc21. The van der Waals surface area contributed by atoms with Crippen LogP contribution in [0.1, 0.15) is 36.5 Å². The number of para-hydroxylation sites is 1. The molecule has 4 rings (SSSR count). The number of nitrogens with zero attached hydrogens (tertiary/aromatic N) is 2. The zero-order chi connectivity index (χ0) is 23.4. The topological polar surface area (TPSA) is 86.8 Å². The van der Waals surface area contributed by atoms with Crippen LogP contribution in [0, 0.1) is 0 Å². The lowest BCUT2D eigenvalue weighted by Crippen LogP contribution is -2.37. The smallest absolute Gasteiger partial charge is 0.253 e. The average molecular weight is 444 g/mol. The minimum Gasteiger partial charge on any atom is -0.356 e. The first-order valence-corrected chi connectivity index (χ1v) is 10.9. The number of nitrogens with one attached hydrogen (secondary N) is 1. The summed E-state index contributed by atoms with van der Waals surface area (Å²) in [6, 6.07) is 15.8. The number of hydrogen-bond acceptors (Lipinski definition) is 4. The Morgan fingerprint density at radius 1 is 0.939 bits per heavy atom. The van der Waals surface area contributed by atoms with E-state index in [1.807, 2.05) is 42.5 Å². The first-order valence-electron chi connectivity index (χ1n) is 10.9. The summed E-state index contributed by atoms with van der Waals surface area (Å²) in [6.45, 7) is 2.71. The lowest BCUT2D eigenvalue weighted by molar-refractivity contribution is -0.137. The van der Waals surface area contributed by atoms with Crippen molar-refractivity contribution >= 4 is 41.0 Å². The van der Waals surface area contributed by atoms with Gasteiger partial charge in [-0.1, -0.05) is 42.5 Å². The van der Waals surface area contributed by atoms with E-state index in [0.29, 0.717) is 6.54 Å². The van der Waals surface area contributed by atoms with Crippen molar-refractivity contribution in [1.82, 2.24) is 10.2 Å². The Balaban J connectivity index is 1.40. The van der Waals surface area contributed by atoms with Crippen molar-refractivity contribution in [2.24, 2.45) is 0 Å². The van der Waals surface area contributed by atoms with E-state index in [-0.39, 0.29) is 37.7 Å². The van der Waals surface area contributed by atoms with Crippen LogP contribution in [0.25, 0.3) is 11.6 Å². The van der Waals surface area contributed by atoms with Crippen molar-refractivity contribution in [1.29, 1.82) is 0 Å². The van der Waals surface area contributed by atoms with Crippen molar-refractivity contribution in [2.45, 2.75) is 26.3 Å². The Morgan fingerprint density at radius 2 is 1.64 bits per heavy atom. The number of fused-ring (bicyclic) bond motifs is 2. The number of hydrogen-bond donors (Lipinski definition) is 1. The number of imide groups is 1. The van der Waals surface area contributed by atoms with E-state index in [0.717, 1.165) is 32.9 Å². The number of amides is 4. The molecule has 0 bridgehead atoms. The molecule has 2 aliphatic heterocycles. The van der Waals surface area contributed by atoms with E-state index < -0.39 is 11.8 Å². The molecule has 0 fully saturated rings. The van der Waals surface area contributed by atoms with Crippen LogP contribution in [0.2, 0.25) is 0 Å². The second-order valence-corrected chi connectivity index (χ2v) is 8.03. The Labute approximate surface area is 192 Å². The van der Waals surface area contributed by atoms with Crippen LogP contribution in [0.3, 0.4) is 0 Å². The first kappa shape index (κ1) is 22.2. The zero-order valence-corrected chi connectivity index (χ0v) is 18.4. The molecular formula is C26H25N3O4. The maximum atomic E-state index is 13.2. The summed E-state index contributed by atoms with van der Waals surface area (Å²) in [5, 5.41) is 2.72. The number of carbonyl (C=O) groups is 4. The van der Waals surface area contributed by atoms with E-state index in [4.69, 9.17) is 0 Å². The molecule has 2 aromatic rings. The van der Waals surface area contributed by atoms with Gasteiger partial charge < -0.3 is 10.2 Å². The quantitative estimate of drug-likeness (QED) is 0.696. The van der Waals surface area contributed by atoms with E-state index >= 15 is 0 Å². The second-order valence-electron chi connectivity index (χ2n) is 8.03. The summed E-state index contributed by atoms with van der Waals surface area (Å²) in [6.07, 6.45) is 4.60. The van der Waals surface area contributed by atoms with Crippen LogP contribution >= 0.6 is 0 Å². The van der Waals surface area contributed by atoms with Gasteiger partial charge in [-0.2, -0.15) is 0 Å². The third-order valence-electron chi connectivity index (χ3n) is 5.80. The summed E-state index contributed by atoms with van der Waals surface area (Å²) in [5.41, 5.74) is 5.12. The molecule has 0 spiro atoms. The lowest BCUT2D eigenvalue weighted by Gasteiger charge is -2.28. The average Bonchev–Trinajstić information content (AvgIpc) is 3.12. The lowest BCUT2D eigenvalue weighted by atomic mass is 9.95. The van der Waals surface area contributed by atoms with E-state index in [2.05, 4.69) is 24.4 Å². The van der Waals surface area contributed by atoms with Crippen LogP contribution in [0.5, 0.6) is 0 Å². The molecule has 4 amide bonds. The van der Waals surface area contributed by atoms with Crippen LogP contribution in [0.4, 0.5) is 5.69 Å². The van der Waals surface area contributed by atoms with Gasteiger partial charge in [0.15, 0.2) is 0 Å². The van der Waals surface area contributed by atoms with Crippen molar-refractivity contribution in [2.75, 3.05) is 18.0 Å². The zero-order valence-electron chi connectivity index (χ0n) is 18.4. The Kier molecular flexibility index (Phi) is 6.49. The summed E-state index contributed by atoms with van der Waals surface area (Å²) < 4.78 is 0. The predicted molar refractivity (Wildman–Crippen MR) is 126 cm³/mol. The standard InChI is InChI=1S/C26H25N3O4/c1-18-16-19-6-3-5-9-22(19)29(17-20-7-2-4-8-21(18)20)26(33)12-14-27-23(30)13-15-28-24(31)10-11-25(28)32/h2-11,16H,12-15,17H2,1H3,(H,27,30)/b18-16-. The van der Waals surface area contributed by atoms with Gasteiger partial charge in [0.1, 0.15) is 0 Å². The van der Waals surface area contributed by atoms with Crippen LogP contribution in [0.15, 0.2) is 60.7 Å². The maximum absolute atomic E-state index is 13.2. The summed E-state index contributed by atoms with van der Waals surface area (Å²) >= 11 is 0. The van der Waals surface area contributed by atoms with Gasteiger partial charge >= 0.3 is 0 Å². The minimum atomic E-state index is -0.414. The van der Waals surface area contributed by atoms with Crippen molar-refractivity contribution < 1.29 is 19.2 Å². The fraction of sp³-hybridized carbons (Fsp3) is 0.231. The van der Waals surface area contributed by atoms with Crippen molar-refractivity contribution in [3.05, 3.63) is 77.4 Å². The Bertz CT molecular complexity index is 1160. The second kappa shape index (κ2) is 9.65. The molecule has 7 heteroatoms. The number of rotatable bonds is 6.